The Morgan fingerprint density at radius 1 is 1.53 bits per heavy atom. The average molecular weight is 321 g/mol. The summed E-state index contributed by atoms with van der Waals surface area (Å²) in [6, 6.07) is 5.01. The Morgan fingerprint density at radius 2 is 2.12 bits per heavy atom. The number of rotatable bonds is 3. The smallest absolute Gasteiger partial charge is 0.255 e. The quantitative estimate of drug-likeness (QED) is 0.930. The minimum Gasteiger partial charge on any atom is -0.394 e. The van der Waals surface area contributed by atoms with E-state index in [1.54, 1.807) is 39.1 Å². The summed E-state index contributed by atoms with van der Waals surface area (Å²) in [5, 5.41) is 9.81. The standard InChI is InChI=1S/C12H15BrClNO2/c1-12(2,7-16)15(3)11(17)9-5-4-8(14)6-10(9)13/h4-6,16H,7H2,1-3H3. The predicted molar refractivity (Wildman–Crippen MR) is 72.4 cm³/mol. The molecule has 0 aliphatic carbocycles. The van der Waals surface area contributed by atoms with Crippen LogP contribution in [0.25, 0.3) is 0 Å². The third-order valence-corrected chi connectivity index (χ3v) is 3.65. The summed E-state index contributed by atoms with van der Waals surface area (Å²) in [7, 11) is 1.67. The molecule has 0 aliphatic rings. The van der Waals surface area contributed by atoms with E-state index in [0.717, 1.165) is 0 Å². The van der Waals surface area contributed by atoms with E-state index in [4.69, 9.17) is 11.6 Å². The second-order valence-electron chi connectivity index (χ2n) is 4.46. The second kappa shape index (κ2) is 5.38. The van der Waals surface area contributed by atoms with E-state index in [0.29, 0.717) is 15.1 Å². The van der Waals surface area contributed by atoms with Crippen LogP contribution in [0.1, 0.15) is 24.2 Å². The van der Waals surface area contributed by atoms with Crippen LogP contribution in [0.5, 0.6) is 0 Å². The normalized spacial score (nSPS) is 11.4. The number of hydrogen-bond acceptors (Lipinski definition) is 2. The highest BCUT2D eigenvalue weighted by Gasteiger charge is 2.28. The Bertz CT molecular complexity index is 435. The minimum atomic E-state index is -0.601. The lowest BCUT2D eigenvalue weighted by Crippen LogP contribution is -2.47. The first kappa shape index (κ1) is 14.5. The van der Waals surface area contributed by atoms with Gasteiger partial charge >= 0.3 is 0 Å². The second-order valence-corrected chi connectivity index (χ2v) is 5.75. The molecule has 94 valence electrons. The Labute approximate surface area is 115 Å². The molecular formula is C12H15BrClNO2. The van der Waals surface area contributed by atoms with Crippen molar-refractivity contribution in [3.8, 4) is 0 Å². The predicted octanol–water partition coefficient (Wildman–Crippen LogP) is 2.95. The Hall–Kier alpha value is -0.580. The monoisotopic (exact) mass is 319 g/mol. The van der Waals surface area contributed by atoms with Gasteiger partial charge in [0, 0.05) is 16.5 Å². The molecule has 0 saturated carbocycles. The Kier molecular flexibility index (Phi) is 4.58. The first-order valence-electron chi connectivity index (χ1n) is 5.13. The molecule has 1 aromatic carbocycles. The van der Waals surface area contributed by atoms with E-state index in [9.17, 15) is 9.90 Å². The van der Waals surface area contributed by atoms with Crippen LogP contribution in [0.3, 0.4) is 0 Å². The maximum Gasteiger partial charge on any atom is 0.255 e. The third kappa shape index (κ3) is 3.21. The summed E-state index contributed by atoms with van der Waals surface area (Å²) in [6.45, 7) is 3.50. The van der Waals surface area contributed by atoms with Gasteiger partial charge in [-0.15, -0.1) is 0 Å². The number of amides is 1. The van der Waals surface area contributed by atoms with Crippen molar-refractivity contribution < 1.29 is 9.90 Å². The minimum absolute atomic E-state index is 0.0968. The summed E-state index contributed by atoms with van der Waals surface area (Å²) >= 11 is 9.13. The molecule has 1 rings (SSSR count). The molecule has 5 heteroatoms. The summed E-state index contributed by atoms with van der Waals surface area (Å²) < 4.78 is 0.649. The van der Waals surface area contributed by atoms with Gasteiger partial charge in [-0.25, -0.2) is 0 Å². The molecule has 0 unspecified atom stereocenters. The van der Waals surface area contributed by atoms with Gasteiger partial charge in [0.25, 0.3) is 5.91 Å². The molecule has 1 N–H and O–H groups in total. The van der Waals surface area contributed by atoms with Crippen LogP contribution in [0.2, 0.25) is 5.02 Å². The zero-order chi connectivity index (χ0) is 13.2. The number of aliphatic hydroxyl groups is 1. The molecular weight excluding hydrogens is 305 g/mol. The summed E-state index contributed by atoms with van der Waals surface area (Å²) in [6.07, 6.45) is 0. The fraction of sp³-hybridized carbons (Fsp3) is 0.417. The SMILES string of the molecule is CN(C(=O)c1ccc(Cl)cc1Br)C(C)(C)CO. The molecule has 0 radical (unpaired) electrons. The highest BCUT2D eigenvalue weighted by molar-refractivity contribution is 9.10. The first-order chi connectivity index (χ1) is 7.79. The lowest BCUT2D eigenvalue weighted by Gasteiger charge is -2.34. The van der Waals surface area contributed by atoms with Crippen molar-refractivity contribution in [1.82, 2.24) is 4.90 Å². The molecule has 0 aliphatic heterocycles. The van der Waals surface area contributed by atoms with Crippen LogP contribution in [-0.2, 0) is 0 Å². The van der Waals surface area contributed by atoms with E-state index in [-0.39, 0.29) is 12.5 Å². The fourth-order valence-corrected chi connectivity index (χ4v) is 2.08. The zero-order valence-corrected chi connectivity index (χ0v) is 12.3. The van der Waals surface area contributed by atoms with Crippen molar-refractivity contribution in [1.29, 1.82) is 0 Å². The number of carbonyl (C=O) groups is 1. The molecule has 0 heterocycles. The Balaban J connectivity index is 3.05. The van der Waals surface area contributed by atoms with Crippen molar-refractivity contribution in [2.75, 3.05) is 13.7 Å². The fourth-order valence-electron chi connectivity index (χ4n) is 1.22. The highest BCUT2D eigenvalue weighted by atomic mass is 79.9. The number of hydrogen-bond donors (Lipinski definition) is 1. The number of likely N-dealkylation sites (N-methyl/N-ethyl adjacent to an activating group) is 1. The molecule has 0 aromatic heterocycles. The maximum atomic E-state index is 12.2. The molecule has 17 heavy (non-hydrogen) atoms. The number of nitrogens with zero attached hydrogens (tertiary/aromatic N) is 1. The van der Waals surface area contributed by atoms with E-state index in [2.05, 4.69) is 15.9 Å². The molecule has 0 atom stereocenters. The van der Waals surface area contributed by atoms with E-state index in [1.165, 1.54) is 4.90 Å². The van der Waals surface area contributed by atoms with Gasteiger partial charge in [0.15, 0.2) is 0 Å². The van der Waals surface area contributed by atoms with Gasteiger partial charge in [0.05, 0.1) is 17.7 Å². The molecule has 3 nitrogen and oxygen atoms in total. The highest BCUT2D eigenvalue weighted by Crippen LogP contribution is 2.24. The number of aliphatic hydroxyl groups excluding tert-OH is 1. The maximum absolute atomic E-state index is 12.2. The molecule has 1 amide bonds. The van der Waals surface area contributed by atoms with E-state index < -0.39 is 5.54 Å². The van der Waals surface area contributed by atoms with E-state index >= 15 is 0 Å². The average Bonchev–Trinajstić information content (AvgIpc) is 2.27. The van der Waals surface area contributed by atoms with E-state index in [1.807, 2.05) is 0 Å². The molecule has 0 fully saturated rings. The third-order valence-electron chi connectivity index (χ3n) is 2.76. The molecule has 1 aromatic rings. The summed E-state index contributed by atoms with van der Waals surface area (Å²) in [5.74, 6) is -0.160. The number of carbonyl (C=O) groups excluding carboxylic acids is 1. The lowest BCUT2D eigenvalue weighted by molar-refractivity contribution is 0.0472. The van der Waals surface area contributed by atoms with Crippen LogP contribution in [0.4, 0.5) is 0 Å². The van der Waals surface area contributed by atoms with Crippen molar-refractivity contribution in [3.63, 3.8) is 0 Å². The van der Waals surface area contributed by atoms with Crippen molar-refractivity contribution in [2.24, 2.45) is 0 Å². The first-order valence-corrected chi connectivity index (χ1v) is 6.31. The molecule has 0 saturated heterocycles. The van der Waals surface area contributed by atoms with Gasteiger partial charge in [-0.05, 0) is 48.0 Å². The largest absolute Gasteiger partial charge is 0.394 e. The molecule has 0 spiro atoms. The topological polar surface area (TPSA) is 40.5 Å². The van der Waals surface area contributed by atoms with Crippen molar-refractivity contribution in [3.05, 3.63) is 33.3 Å². The van der Waals surface area contributed by atoms with Crippen LogP contribution < -0.4 is 0 Å². The van der Waals surface area contributed by atoms with Crippen molar-refractivity contribution in [2.45, 2.75) is 19.4 Å². The van der Waals surface area contributed by atoms with Gasteiger partial charge in [-0.1, -0.05) is 11.6 Å². The van der Waals surface area contributed by atoms with Crippen molar-refractivity contribution >= 4 is 33.4 Å². The summed E-state index contributed by atoms with van der Waals surface area (Å²) in [5.41, 5.74) is -0.0747. The van der Waals surface area contributed by atoms with Crippen LogP contribution in [0, 0.1) is 0 Å². The van der Waals surface area contributed by atoms with Crippen LogP contribution >= 0.6 is 27.5 Å². The van der Waals surface area contributed by atoms with Gasteiger partial charge in [0.1, 0.15) is 0 Å². The van der Waals surface area contributed by atoms with Gasteiger partial charge in [0.2, 0.25) is 0 Å². The summed E-state index contributed by atoms with van der Waals surface area (Å²) in [4.78, 5) is 13.7. The lowest BCUT2D eigenvalue weighted by atomic mass is 10.0. The van der Waals surface area contributed by atoms with Crippen LogP contribution in [-0.4, -0.2) is 35.1 Å². The van der Waals surface area contributed by atoms with Gasteiger partial charge in [-0.2, -0.15) is 0 Å². The number of benzene rings is 1. The van der Waals surface area contributed by atoms with Gasteiger partial charge in [-0.3, -0.25) is 4.79 Å². The van der Waals surface area contributed by atoms with Crippen LogP contribution in [0.15, 0.2) is 22.7 Å². The Morgan fingerprint density at radius 3 is 2.59 bits per heavy atom. The zero-order valence-electron chi connectivity index (χ0n) is 10.00. The number of halogens is 2. The molecule has 0 bridgehead atoms. The van der Waals surface area contributed by atoms with Gasteiger partial charge < -0.3 is 10.0 Å².